The predicted molar refractivity (Wildman–Crippen MR) is 150 cm³/mol. The van der Waals surface area contributed by atoms with Gasteiger partial charge < -0.3 is 8.43 Å². The Kier molecular flexibility index (Phi) is 8.35. The Hall–Kier alpha value is 0.734. The van der Waals surface area contributed by atoms with Gasteiger partial charge in [-0.05, 0) is 122 Å². The molecule has 0 aliphatic carbocycles. The zero-order valence-electron chi connectivity index (χ0n) is 24.5. The zero-order valence-corrected chi connectivity index (χ0v) is 28.3. The van der Waals surface area contributed by atoms with Gasteiger partial charge in [0.05, 0.1) is 11.1 Å². The molecule has 1 fully saturated rings. The Balaban J connectivity index is 4.34. The molecule has 0 saturated carbocycles. The lowest BCUT2D eigenvalue weighted by Crippen LogP contribution is -2.60. The Morgan fingerprint density at radius 2 is 0.719 bits per heavy atom. The highest BCUT2D eigenvalue weighted by molar-refractivity contribution is 7.87. The Bertz CT molecular complexity index is 719. The van der Waals surface area contributed by atoms with Gasteiger partial charge >= 0.3 is 0 Å². The van der Waals surface area contributed by atoms with Gasteiger partial charge in [-0.1, -0.05) is 0 Å². The Labute approximate surface area is 203 Å². The number of nitrogens with zero attached hydrogens (tertiary/aromatic N) is 4. The second-order valence-electron chi connectivity index (χ2n) is 14.9. The van der Waals surface area contributed by atoms with Crippen molar-refractivity contribution in [2.75, 3.05) is 0 Å². The Morgan fingerprint density at radius 1 is 0.500 bits per heavy atom. The molecule has 1 rings (SSSR count). The Morgan fingerprint density at radius 3 is 0.844 bits per heavy atom. The fraction of sp³-hybridized carbons (Fsp3) is 1.00. The van der Waals surface area contributed by atoms with Gasteiger partial charge in [-0.25, -0.2) is 9.49 Å². The average Bonchev–Trinajstić information content (AvgIpc) is 2.22. The largest absolute Gasteiger partial charge is 0.363 e. The van der Waals surface area contributed by atoms with E-state index in [1.165, 1.54) is 0 Å². The quantitative estimate of drug-likeness (QED) is 0.271. The van der Waals surface area contributed by atoms with E-state index in [2.05, 4.69) is 131 Å². The molecule has 32 heavy (non-hydrogen) atoms. The van der Waals surface area contributed by atoms with E-state index in [-0.39, 0.29) is 22.2 Å². The van der Waals surface area contributed by atoms with Crippen LogP contribution in [0, 0.1) is 0 Å². The molecule has 10 heteroatoms. The summed E-state index contributed by atoms with van der Waals surface area (Å²) in [4.78, 5) is 0. The molecule has 1 aliphatic heterocycles. The summed E-state index contributed by atoms with van der Waals surface area (Å²) in [5.74, 6) is 0. The van der Waals surface area contributed by atoms with Gasteiger partial charge in [0.2, 0.25) is 15.2 Å². The lowest BCUT2D eigenvalue weighted by Gasteiger charge is -2.70. The maximum absolute atomic E-state index is 7.24. The molecule has 0 aromatic carbocycles. The van der Waals surface area contributed by atoms with Crippen LogP contribution >= 0.6 is 15.2 Å². The first-order valence-corrected chi connectivity index (χ1v) is 21.8. The molecular formula is C22H54N4O2P2Si2. The predicted octanol–water partition coefficient (Wildman–Crippen LogP) is 9.39. The van der Waals surface area contributed by atoms with Crippen molar-refractivity contribution in [1.82, 2.24) is 8.88 Å². The minimum absolute atomic E-state index is 0.216. The van der Waals surface area contributed by atoms with Crippen LogP contribution in [0.1, 0.15) is 83.1 Å². The summed E-state index contributed by atoms with van der Waals surface area (Å²) < 4.78 is 30.7. The second-order valence-corrected chi connectivity index (χ2v) is 29.5. The maximum atomic E-state index is 7.24. The van der Waals surface area contributed by atoms with Gasteiger partial charge in [0.25, 0.3) is 0 Å². The van der Waals surface area contributed by atoms with Crippen LogP contribution in [0.15, 0.2) is 9.49 Å². The summed E-state index contributed by atoms with van der Waals surface area (Å²) in [6.45, 7) is 40.4. The highest BCUT2D eigenvalue weighted by Gasteiger charge is 2.70. The van der Waals surface area contributed by atoms with E-state index < -0.39 is 31.8 Å². The minimum Gasteiger partial charge on any atom is -0.363 e. The minimum atomic E-state index is -2.56. The molecule has 0 radical (unpaired) electrons. The smallest absolute Gasteiger partial charge is 0.234 e. The highest BCUT2D eigenvalue weighted by atomic mass is 31.3. The number of hydrogen-bond donors (Lipinski definition) is 0. The molecule has 6 nitrogen and oxygen atoms in total. The number of hydrogen-bond acceptors (Lipinski definition) is 4. The van der Waals surface area contributed by atoms with Gasteiger partial charge in [0, 0.05) is 11.1 Å². The summed E-state index contributed by atoms with van der Waals surface area (Å²) in [7, 11) is -9.08. The van der Waals surface area contributed by atoms with E-state index in [0.717, 1.165) is 0 Å². The van der Waals surface area contributed by atoms with Crippen LogP contribution in [-0.4, -0.2) is 47.7 Å². The van der Waals surface area contributed by atoms with Crippen LogP contribution in [0.2, 0.25) is 39.3 Å². The van der Waals surface area contributed by atoms with E-state index in [4.69, 9.17) is 17.9 Å². The third-order valence-corrected chi connectivity index (χ3v) is 19.1. The molecule has 1 heterocycles. The molecule has 0 amide bonds. The summed E-state index contributed by atoms with van der Waals surface area (Å²) in [6.07, 6.45) is 0. The zero-order chi connectivity index (χ0) is 26.0. The second kappa shape index (κ2) is 8.69. The van der Waals surface area contributed by atoms with Crippen LogP contribution in [0.4, 0.5) is 0 Å². The fourth-order valence-electron chi connectivity index (χ4n) is 3.88. The van der Waals surface area contributed by atoms with Crippen molar-refractivity contribution in [1.29, 1.82) is 0 Å². The van der Waals surface area contributed by atoms with Crippen molar-refractivity contribution in [3.63, 3.8) is 0 Å². The molecule has 1 aliphatic rings. The lowest BCUT2D eigenvalue weighted by molar-refractivity contribution is 0.203. The first kappa shape index (κ1) is 30.8. The van der Waals surface area contributed by atoms with Crippen LogP contribution in [-0.2, 0) is 8.43 Å². The molecule has 0 atom stereocenters. The van der Waals surface area contributed by atoms with Crippen molar-refractivity contribution in [2.45, 2.75) is 145 Å². The molecule has 1 saturated heterocycles. The average molecular weight is 525 g/mol. The van der Waals surface area contributed by atoms with Crippen molar-refractivity contribution >= 4 is 31.8 Å². The topological polar surface area (TPSA) is 49.7 Å². The lowest BCUT2D eigenvalue weighted by atomic mass is 10.1. The standard InChI is InChI=1S/C22H54N4O2P2Si2/c1-19(2,3)23-29(27-31(13,14)15)25(21(7,8)9)30(24-20(4,5)6,28-32(16,17)18)26(29)22(10,11)12/h1-18H3. The van der Waals surface area contributed by atoms with E-state index in [0.29, 0.717) is 0 Å². The molecule has 0 spiro atoms. The molecule has 0 aromatic heterocycles. The summed E-state index contributed by atoms with van der Waals surface area (Å²) in [6, 6.07) is 0. The molecule has 0 aromatic rings. The summed E-state index contributed by atoms with van der Waals surface area (Å²) >= 11 is 0. The van der Waals surface area contributed by atoms with E-state index in [9.17, 15) is 0 Å². The van der Waals surface area contributed by atoms with Gasteiger partial charge in [-0.3, -0.25) is 0 Å². The van der Waals surface area contributed by atoms with Gasteiger partial charge in [0.15, 0.2) is 16.6 Å². The normalized spacial score (nSPS) is 27.3. The van der Waals surface area contributed by atoms with Crippen LogP contribution in [0.5, 0.6) is 0 Å². The van der Waals surface area contributed by atoms with Gasteiger partial charge in [-0.2, -0.15) is 8.88 Å². The van der Waals surface area contributed by atoms with Gasteiger partial charge in [0.1, 0.15) is 0 Å². The monoisotopic (exact) mass is 524 g/mol. The number of rotatable bonds is 4. The summed E-state index contributed by atoms with van der Waals surface area (Å²) in [5.41, 5.74) is -0.937. The first-order chi connectivity index (χ1) is 13.6. The molecule has 192 valence electrons. The third kappa shape index (κ3) is 7.37. The van der Waals surface area contributed by atoms with Crippen molar-refractivity contribution in [2.24, 2.45) is 9.49 Å². The van der Waals surface area contributed by atoms with Crippen LogP contribution in [0.3, 0.4) is 0 Å². The molecular weight excluding hydrogens is 470 g/mol. The SMILES string of the molecule is CC(C)(C)N=P1(O[Si](C)(C)C)N(C(C)(C)C)P(=NC(C)(C)C)(O[Si](C)(C)C)N1C(C)(C)C. The van der Waals surface area contributed by atoms with Crippen LogP contribution in [0.25, 0.3) is 0 Å². The van der Waals surface area contributed by atoms with Crippen molar-refractivity contribution in [3.8, 4) is 0 Å². The van der Waals surface area contributed by atoms with E-state index in [1.54, 1.807) is 0 Å². The maximum Gasteiger partial charge on any atom is 0.234 e. The third-order valence-electron chi connectivity index (χ3n) is 3.84. The highest BCUT2D eigenvalue weighted by Crippen LogP contribution is 2.94. The first-order valence-electron chi connectivity index (χ1n) is 11.9. The van der Waals surface area contributed by atoms with Crippen molar-refractivity contribution in [3.05, 3.63) is 0 Å². The fourth-order valence-corrected chi connectivity index (χ4v) is 21.3. The molecule has 0 bridgehead atoms. The molecule has 0 N–H and O–H groups in total. The van der Waals surface area contributed by atoms with Crippen molar-refractivity contribution < 1.29 is 8.43 Å². The van der Waals surface area contributed by atoms with Crippen LogP contribution < -0.4 is 0 Å². The molecule has 0 unspecified atom stereocenters. The summed E-state index contributed by atoms with van der Waals surface area (Å²) in [5, 5.41) is 0. The van der Waals surface area contributed by atoms with Gasteiger partial charge in [-0.15, -0.1) is 0 Å². The van der Waals surface area contributed by atoms with E-state index in [1.807, 2.05) is 0 Å². The van der Waals surface area contributed by atoms with E-state index >= 15 is 0 Å².